The molecule has 0 saturated carbocycles. The Morgan fingerprint density at radius 2 is 1.84 bits per heavy atom. The molecule has 0 fully saturated rings. The van der Waals surface area contributed by atoms with Gasteiger partial charge in [0.05, 0.1) is 20.3 Å². The van der Waals surface area contributed by atoms with Gasteiger partial charge in [-0.1, -0.05) is 40.2 Å². The van der Waals surface area contributed by atoms with E-state index in [9.17, 15) is 4.79 Å². The van der Waals surface area contributed by atoms with Gasteiger partial charge in [0.15, 0.2) is 11.5 Å². The smallest absolute Gasteiger partial charge is 0.315 e. The number of ether oxygens (including phenoxy) is 2. The summed E-state index contributed by atoms with van der Waals surface area (Å²) < 4.78 is 11.5. The summed E-state index contributed by atoms with van der Waals surface area (Å²) in [6.07, 6.45) is 0.706. The zero-order valence-electron chi connectivity index (χ0n) is 14.6. The lowest BCUT2D eigenvalue weighted by atomic mass is 10.1. The molecule has 134 valence electrons. The van der Waals surface area contributed by atoms with Crippen molar-refractivity contribution in [3.63, 3.8) is 0 Å². The summed E-state index contributed by atoms with van der Waals surface area (Å²) in [5.74, 6) is 1.38. The van der Waals surface area contributed by atoms with Crippen LogP contribution in [0.15, 0.2) is 46.9 Å². The van der Waals surface area contributed by atoms with Gasteiger partial charge in [0.25, 0.3) is 0 Å². The molecule has 0 radical (unpaired) electrons. The maximum Gasteiger partial charge on any atom is 0.315 e. The SMILES string of the molecule is COc1ccc(CCNC(=O)N[C@H](C)c2ccccc2Br)cc1OC. The number of methoxy groups -OCH3 is 2. The van der Waals surface area contributed by atoms with Gasteiger partial charge in [0.2, 0.25) is 0 Å². The van der Waals surface area contributed by atoms with Crippen LogP contribution in [0.2, 0.25) is 0 Å². The standard InChI is InChI=1S/C19H23BrN2O3/c1-13(15-6-4-5-7-16(15)20)22-19(23)21-11-10-14-8-9-17(24-2)18(12-14)25-3/h4-9,12-13H,10-11H2,1-3H3,(H2,21,22,23)/t13-/m1/s1. The fraction of sp³-hybridized carbons (Fsp3) is 0.316. The quantitative estimate of drug-likeness (QED) is 0.728. The van der Waals surface area contributed by atoms with E-state index in [1.54, 1.807) is 14.2 Å². The summed E-state index contributed by atoms with van der Waals surface area (Å²) in [5.41, 5.74) is 2.11. The number of hydrogen-bond donors (Lipinski definition) is 2. The first-order chi connectivity index (χ1) is 12.0. The molecule has 2 N–H and O–H groups in total. The van der Waals surface area contributed by atoms with Crippen LogP contribution in [0.4, 0.5) is 4.79 Å². The second kappa shape index (κ2) is 9.32. The Hall–Kier alpha value is -2.21. The predicted octanol–water partition coefficient (Wildman–Crippen LogP) is 4.07. The second-order valence-corrected chi connectivity index (χ2v) is 6.44. The average molecular weight is 407 g/mol. The van der Waals surface area contributed by atoms with Crippen molar-refractivity contribution < 1.29 is 14.3 Å². The highest BCUT2D eigenvalue weighted by atomic mass is 79.9. The highest BCUT2D eigenvalue weighted by Gasteiger charge is 2.11. The van der Waals surface area contributed by atoms with Crippen LogP contribution in [-0.2, 0) is 6.42 Å². The first kappa shape index (κ1) is 19.1. The minimum atomic E-state index is -0.191. The Balaban J connectivity index is 1.83. The van der Waals surface area contributed by atoms with Gasteiger partial charge < -0.3 is 20.1 Å². The molecular formula is C19H23BrN2O3. The third kappa shape index (κ3) is 5.39. The number of rotatable bonds is 7. The number of nitrogens with one attached hydrogen (secondary N) is 2. The molecule has 0 aliphatic carbocycles. The number of amides is 2. The molecule has 2 rings (SSSR count). The third-order valence-electron chi connectivity index (χ3n) is 3.87. The zero-order chi connectivity index (χ0) is 18.2. The summed E-state index contributed by atoms with van der Waals surface area (Å²) in [6, 6.07) is 13.3. The Kier molecular flexibility index (Phi) is 7.13. The molecule has 5 nitrogen and oxygen atoms in total. The van der Waals surface area contributed by atoms with E-state index < -0.39 is 0 Å². The van der Waals surface area contributed by atoms with Gasteiger partial charge in [-0.3, -0.25) is 0 Å². The zero-order valence-corrected chi connectivity index (χ0v) is 16.2. The van der Waals surface area contributed by atoms with Crippen molar-refractivity contribution in [3.8, 4) is 11.5 Å². The molecule has 2 aromatic carbocycles. The van der Waals surface area contributed by atoms with E-state index in [1.165, 1.54) is 0 Å². The molecule has 25 heavy (non-hydrogen) atoms. The number of hydrogen-bond acceptors (Lipinski definition) is 3. The molecule has 0 aliphatic rings. The van der Waals surface area contributed by atoms with Crippen LogP contribution in [0.1, 0.15) is 24.1 Å². The van der Waals surface area contributed by atoms with Crippen molar-refractivity contribution in [2.45, 2.75) is 19.4 Å². The van der Waals surface area contributed by atoms with Crippen molar-refractivity contribution in [1.82, 2.24) is 10.6 Å². The summed E-state index contributed by atoms with van der Waals surface area (Å²) in [4.78, 5) is 12.1. The topological polar surface area (TPSA) is 59.6 Å². The monoisotopic (exact) mass is 406 g/mol. The Bertz CT molecular complexity index is 722. The lowest BCUT2D eigenvalue weighted by Gasteiger charge is -2.16. The van der Waals surface area contributed by atoms with Crippen LogP contribution in [0.5, 0.6) is 11.5 Å². The van der Waals surface area contributed by atoms with Gasteiger partial charge >= 0.3 is 6.03 Å². The number of benzene rings is 2. The van der Waals surface area contributed by atoms with Crippen molar-refractivity contribution >= 4 is 22.0 Å². The van der Waals surface area contributed by atoms with Crippen molar-refractivity contribution in [2.75, 3.05) is 20.8 Å². The van der Waals surface area contributed by atoms with Gasteiger partial charge in [-0.25, -0.2) is 4.79 Å². The maximum atomic E-state index is 12.1. The van der Waals surface area contributed by atoms with E-state index in [1.807, 2.05) is 49.4 Å². The molecule has 6 heteroatoms. The van der Waals surface area contributed by atoms with Gasteiger partial charge in [-0.15, -0.1) is 0 Å². The van der Waals surface area contributed by atoms with Crippen LogP contribution in [0.3, 0.4) is 0 Å². The molecule has 0 aliphatic heterocycles. The van der Waals surface area contributed by atoms with Gasteiger partial charge in [-0.2, -0.15) is 0 Å². The predicted molar refractivity (Wildman–Crippen MR) is 102 cm³/mol. The number of urea groups is 1. The highest BCUT2D eigenvalue weighted by molar-refractivity contribution is 9.10. The summed E-state index contributed by atoms with van der Waals surface area (Å²) >= 11 is 3.50. The lowest BCUT2D eigenvalue weighted by molar-refractivity contribution is 0.238. The lowest BCUT2D eigenvalue weighted by Crippen LogP contribution is -2.38. The van der Waals surface area contributed by atoms with Crippen molar-refractivity contribution in [1.29, 1.82) is 0 Å². The maximum absolute atomic E-state index is 12.1. The summed E-state index contributed by atoms with van der Waals surface area (Å²) in [6.45, 7) is 2.48. The molecule has 0 aromatic heterocycles. The molecule has 0 unspecified atom stereocenters. The summed E-state index contributed by atoms with van der Waals surface area (Å²) in [5, 5.41) is 5.82. The first-order valence-corrected chi connectivity index (χ1v) is 8.84. The minimum Gasteiger partial charge on any atom is -0.493 e. The van der Waals surface area contributed by atoms with E-state index in [-0.39, 0.29) is 12.1 Å². The molecule has 0 spiro atoms. The summed E-state index contributed by atoms with van der Waals surface area (Å²) in [7, 11) is 3.21. The fourth-order valence-corrected chi connectivity index (χ4v) is 3.14. The van der Waals surface area contributed by atoms with Crippen LogP contribution >= 0.6 is 15.9 Å². The normalized spacial score (nSPS) is 11.5. The average Bonchev–Trinajstić information content (AvgIpc) is 2.61. The number of carbonyl (C=O) groups excluding carboxylic acids is 1. The molecule has 0 bridgehead atoms. The van der Waals surface area contributed by atoms with Crippen LogP contribution < -0.4 is 20.1 Å². The van der Waals surface area contributed by atoms with Crippen molar-refractivity contribution in [2.24, 2.45) is 0 Å². The molecular weight excluding hydrogens is 384 g/mol. The number of carbonyl (C=O) groups is 1. The van der Waals surface area contributed by atoms with Crippen LogP contribution in [-0.4, -0.2) is 26.8 Å². The van der Waals surface area contributed by atoms with Gasteiger partial charge in [0, 0.05) is 11.0 Å². The van der Waals surface area contributed by atoms with E-state index in [0.29, 0.717) is 24.5 Å². The number of halogens is 1. The van der Waals surface area contributed by atoms with Gasteiger partial charge in [0.1, 0.15) is 0 Å². The van der Waals surface area contributed by atoms with E-state index in [2.05, 4.69) is 26.6 Å². The third-order valence-corrected chi connectivity index (χ3v) is 4.59. The minimum absolute atomic E-state index is 0.0864. The first-order valence-electron chi connectivity index (χ1n) is 8.05. The van der Waals surface area contributed by atoms with E-state index in [0.717, 1.165) is 15.6 Å². The largest absolute Gasteiger partial charge is 0.493 e. The van der Waals surface area contributed by atoms with Crippen molar-refractivity contribution in [3.05, 3.63) is 58.1 Å². The molecule has 1 atom stereocenters. The molecule has 2 aromatic rings. The van der Waals surface area contributed by atoms with Gasteiger partial charge in [-0.05, 0) is 42.7 Å². The Morgan fingerprint density at radius 1 is 1.12 bits per heavy atom. The molecule has 0 heterocycles. The molecule has 0 saturated heterocycles. The van der Waals surface area contributed by atoms with E-state index >= 15 is 0 Å². The van der Waals surface area contributed by atoms with Crippen LogP contribution in [0, 0.1) is 0 Å². The van der Waals surface area contributed by atoms with Crippen LogP contribution in [0.25, 0.3) is 0 Å². The Labute approximate surface area is 156 Å². The molecule has 2 amide bonds. The van der Waals surface area contributed by atoms with E-state index in [4.69, 9.17) is 9.47 Å². The highest BCUT2D eigenvalue weighted by Crippen LogP contribution is 2.27. The fourth-order valence-electron chi connectivity index (χ4n) is 2.51. The Morgan fingerprint density at radius 3 is 2.52 bits per heavy atom. The second-order valence-electron chi connectivity index (χ2n) is 5.58.